The summed E-state index contributed by atoms with van der Waals surface area (Å²) in [5.74, 6) is 0. The minimum Gasteiger partial charge on any atom is -0.122 e. The summed E-state index contributed by atoms with van der Waals surface area (Å²) in [5.41, 5.74) is 1.97. The molecule has 1 aliphatic heterocycles. The molecule has 1 aromatic rings. The van der Waals surface area contributed by atoms with Gasteiger partial charge in [0.25, 0.3) is 0 Å². The predicted octanol–water partition coefficient (Wildman–Crippen LogP) is 5.67. The van der Waals surface area contributed by atoms with E-state index in [-0.39, 0.29) is 0 Å². The number of fused-ring (bicyclic) bond motifs is 1. The van der Waals surface area contributed by atoms with Gasteiger partial charge in [-0.2, -0.15) is 0 Å². The Morgan fingerprint density at radius 1 is 1.28 bits per heavy atom. The Morgan fingerprint density at radius 2 is 2.00 bits per heavy atom. The lowest BCUT2D eigenvalue weighted by Crippen LogP contribution is -2.29. The summed E-state index contributed by atoms with van der Waals surface area (Å²) in [6.45, 7) is 2.29. The summed E-state index contributed by atoms with van der Waals surface area (Å²) in [6, 6.07) is 8.87. The van der Waals surface area contributed by atoms with E-state index in [0.717, 1.165) is 15.9 Å². The van der Waals surface area contributed by atoms with Crippen molar-refractivity contribution >= 4 is 43.6 Å². The Bertz CT molecular complexity index is 363. The molecule has 18 heavy (non-hydrogen) atoms. The van der Waals surface area contributed by atoms with Crippen LogP contribution in [0.2, 0.25) is 0 Å². The van der Waals surface area contributed by atoms with Gasteiger partial charge >= 0.3 is 0 Å². The highest BCUT2D eigenvalue weighted by Gasteiger charge is 2.33. The number of hydrogen-bond acceptors (Lipinski definition) is 1. The van der Waals surface area contributed by atoms with Crippen LogP contribution in [0, 0.1) is 5.41 Å². The molecule has 0 spiro atoms. The van der Waals surface area contributed by atoms with E-state index in [0.29, 0.717) is 5.41 Å². The van der Waals surface area contributed by atoms with E-state index in [1.807, 2.05) is 0 Å². The van der Waals surface area contributed by atoms with Crippen molar-refractivity contribution in [3.63, 3.8) is 0 Å². The Morgan fingerprint density at radius 3 is 2.61 bits per heavy atom. The molecule has 1 unspecified atom stereocenters. The molecule has 1 aromatic carbocycles. The lowest BCUT2D eigenvalue weighted by Gasteiger charge is -2.32. The van der Waals surface area contributed by atoms with Crippen LogP contribution in [0.25, 0.3) is 0 Å². The van der Waals surface area contributed by atoms with Crippen LogP contribution in [0.15, 0.2) is 29.2 Å². The zero-order valence-corrected chi connectivity index (χ0v) is 14.8. The first-order valence-electron chi connectivity index (χ1n) is 6.59. The summed E-state index contributed by atoms with van der Waals surface area (Å²) in [5, 5.41) is 2.96. The molecule has 0 nitrogen and oxygen atoms in total. The standard InChI is InChI=1S/C15H20Br2S/c1-2-7-15(10-16,11-17)9-13-8-12-5-3-4-6-14(12)18-13/h3-6,13H,2,7-11H2,1H3. The molecule has 3 heteroatoms. The molecular weight excluding hydrogens is 372 g/mol. The number of hydrogen-bond donors (Lipinski definition) is 0. The van der Waals surface area contributed by atoms with Crippen LogP contribution in [-0.4, -0.2) is 15.9 Å². The van der Waals surface area contributed by atoms with Crippen LogP contribution >= 0.6 is 43.6 Å². The normalized spacial score (nSPS) is 18.9. The van der Waals surface area contributed by atoms with Crippen molar-refractivity contribution in [3.05, 3.63) is 29.8 Å². The Balaban J connectivity index is 2.03. The van der Waals surface area contributed by atoms with Gasteiger partial charge in [-0.05, 0) is 36.3 Å². The third-order valence-electron chi connectivity index (χ3n) is 3.72. The van der Waals surface area contributed by atoms with Gasteiger partial charge in [-0.25, -0.2) is 0 Å². The molecule has 0 amide bonds. The summed E-state index contributed by atoms with van der Waals surface area (Å²) >= 11 is 9.55. The second kappa shape index (κ2) is 6.81. The van der Waals surface area contributed by atoms with Gasteiger partial charge in [0.15, 0.2) is 0 Å². The number of halogens is 2. The summed E-state index contributed by atoms with van der Waals surface area (Å²) in [4.78, 5) is 1.50. The molecule has 1 atom stereocenters. The van der Waals surface area contributed by atoms with Crippen LogP contribution in [0.4, 0.5) is 0 Å². The van der Waals surface area contributed by atoms with E-state index in [9.17, 15) is 0 Å². The zero-order valence-electron chi connectivity index (χ0n) is 10.8. The highest BCUT2D eigenvalue weighted by atomic mass is 79.9. The Labute approximate surface area is 132 Å². The lowest BCUT2D eigenvalue weighted by atomic mass is 9.82. The molecule has 100 valence electrons. The van der Waals surface area contributed by atoms with E-state index >= 15 is 0 Å². The average molecular weight is 392 g/mol. The molecule has 1 aliphatic rings. The van der Waals surface area contributed by atoms with Crippen molar-refractivity contribution in [3.8, 4) is 0 Å². The van der Waals surface area contributed by atoms with Gasteiger partial charge < -0.3 is 0 Å². The predicted molar refractivity (Wildman–Crippen MR) is 89.3 cm³/mol. The second-order valence-electron chi connectivity index (χ2n) is 5.27. The zero-order chi connectivity index (χ0) is 13.0. The highest BCUT2D eigenvalue weighted by molar-refractivity contribution is 9.09. The van der Waals surface area contributed by atoms with Crippen LogP contribution < -0.4 is 0 Å². The molecule has 2 rings (SSSR count). The fraction of sp³-hybridized carbons (Fsp3) is 0.600. The van der Waals surface area contributed by atoms with E-state index < -0.39 is 0 Å². The van der Waals surface area contributed by atoms with Crippen molar-refractivity contribution in [1.82, 2.24) is 0 Å². The molecule has 0 N–H and O–H groups in total. The van der Waals surface area contributed by atoms with E-state index in [2.05, 4.69) is 74.8 Å². The average Bonchev–Trinajstić information content (AvgIpc) is 2.80. The van der Waals surface area contributed by atoms with Crippen molar-refractivity contribution in [1.29, 1.82) is 0 Å². The number of thioether (sulfide) groups is 1. The van der Waals surface area contributed by atoms with E-state index in [1.54, 1.807) is 5.56 Å². The van der Waals surface area contributed by atoms with Crippen molar-refractivity contribution in [2.24, 2.45) is 5.41 Å². The van der Waals surface area contributed by atoms with E-state index in [4.69, 9.17) is 0 Å². The minimum absolute atomic E-state index is 0.425. The Kier molecular flexibility index (Phi) is 5.64. The van der Waals surface area contributed by atoms with Gasteiger partial charge in [-0.1, -0.05) is 63.4 Å². The molecular formula is C15H20Br2S. The SMILES string of the molecule is CCCC(CBr)(CBr)CC1Cc2ccccc2S1. The van der Waals surface area contributed by atoms with Crippen LogP contribution in [0.5, 0.6) is 0 Å². The molecule has 0 radical (unpaired) electrons. The Hall–Kier alpha value is 0.530. The van der Waals surface area contributed by atoms with Gasteiger partial charge in [0.05, 0.1) is 0 Å². The third-order valence-corrected chi connectivity index (χ3v) is 7.42. The maximum Gasteiger partial charge on any atom is 0.0141 e. The maximum atomic E-state index is 3.74. The molecule has 0 saturated heterocycles. The minimum atomic E-state index is 0.425. The first-order chi connectivity index (χ1) is 8.73. The number of benzene rings is 1. The topological polar surface area (TPSA) is 0 Å². The van der Waals surface area contributed by atoms with Crippen LogP contribution in [0.3, 0.4) is 0 Å². The van der Waals surface area contributed by atoms with Crippen molar-refractivity contribution in [2.75, 3.05) is 10.7 Å². The van der Waals surface area contributed by atoms with E-state index in [1.165, 1.54) is 30.6 Å². The van der Waals surface area contributed by atoms with Crippen LogP contribution in [0.1, 0.15) is 31.7 Å². The lowest BCUT2D eigenvalue weighted by molar-refractivity contribution is 0.322. The first-order valence-corrected chi connectivity index (χ1v) is 9.72. The monoisotopic (exact) mass is 390 g/mol. The largest absolute Gasteiger partial charge is 0.122 e. The molecule has 0 bridgehead atoms. The van der Waals surface area contributed by atoms with Gasteiger partial charge in [0.1, 0.15) is 0 Å². The van der Waals surface area contributed by atoms with Gasteiger partial charge in [-0.15, -0.1) is 11.8 Å². The summed E-state index contributed by atoms with van der Waals surface area (Å²) in [7, 11) is 0. The third kappa shape index (κ3) is 3.34. The first kappa shape index (κ1) is 14.9. The fourth-order valence-corrected chi connectivity index (χ4v) is 6.23. The highest BCUT2D eigenvalue weighted by Crippen LogP contribution is 2.44. The molecule has 0 saturated carbocycles. The summed E-state index contributed by atoms with van der Waals surface area (Å²) in [6.07, 6.45) is 5.11. The summed E-state index contributed by atoms with van der Waals surface area (Å²) < 4.78 is 0. The van der Waals surface area contributed by atoms with Crippen molar-refractivity contribution in [2.45, 2.75) is 42.8 Å². The fourth-order valence-electron chi connectivity index (χ4n) is 2.76. The molecule has 0 aliphatic carbocycles. The van der Waals surface area contributed by atoms with Gasteiger partial charge in [0, 0.05) is 20.8 Å². The van der Waals surface area contributed by atoms with Crippen molar-refractivity contribution < 1.29 is 0 Å². The van der Waals surface area contributed by atoms with Crippen LogP contribution in [-0.2, 0) is 6.42 Å². The maximum absolute atomic E-state index is 3.74. The molecule has 0 fully saturated rings. The quantitative estimate of drug-likeness (QED) is 0.563. The number of rotatable bonds is 6. The molecule has 0 aromatic heterocycles. The van der Waals surface area contributed by atoms with Gasteiger partial charge in [-0.3, -0.25) is 0 Å². The second-order valence-corrected chi connectivity index (χ2v) is 7.74. The van der Waals surface area contributed by atoms with Gasteiger partial charge in [0.2, 0.25) is 0 Å². The smallest absolute Gasteiger partial charge is 0.0141 e. The molecule has 1 heterocycles. The number of alkyl halides is 2.